The van der Waals surface area contributed by atoms with Crippen molar-refractivity contribution in [2.24, 2.45) is 23.2 Å². The fourth-order valence-electron chi connectivity index (χ4n) is 2.94. The summed E-state index contributed by atoms with van der Waals surface area (Å²) in [5.41, 5.74) is 0.756. The first-order valence-electron chi connectivity index (χ1n) is 5.13. The third-order valence-electron chi connectivity index (χ3n) is 4.55. The molecule has 0 nitrogen and oxygen atoms in total. The highest BCUT2D eigenvalue weighted by Crippen LogP contribution is 2.58. The summed E-state index contributed by atoms with van der Waals surface area (Å²) in [6, 6.07) is 0. The lowest BCUT2D eigenvalue weighted by atomic mass is 9.49. The Kier molecular flexibility index (Phi) is 1.56. The van der Waals surface area contributed by atoms with Gasteiger partial charge in [-0.2, -0.15) is 0 Å². The van der Waals surface area contributed by atoms with Crippen molar-refractivity contribution >= 4 is 0 Å². The minimum Gasteiger partial charge on any atom is -0.0625 e. The fraction of sp³-hybridized carbons (Fsp3) is 1.00. The molecule has 0 amide bonds. The van der Waals surface area contributed by atoms with E-state index in [1.807, 2.05) is 0 Å². The normalized spacial score (nSPS) is 56.5. The molecule has 11 heavy (non-hydrogen) atoms. The maximum absolute atomic E-state index is 2.51. The molecule has 2 rings (SSSR count). The van der Waals surface area contributed by atoms with Crippen LogP contribution >= 0.6 is 0 Å². The van der Waals surface area contributed by atoms with Gasteiger partial charge in [-0.15, -0.1) is 0 Å². The van der Waals surface area contributed by atoms with Crippen LogP contribution in [0.1, 0.15) is 46.5 Å². The molecule has 0 heteroatoms. The molecule has 0 bridgehead atoms. The summed E-state index contributed by atoms with van der Waals surface area (Å²) in [4.78, 5) is 0. The van der Waals surface area contributed by atoms with Crippen molar-refractivity contribution in [1.29, 1.82) is 0 Å². The second kappa shape index (κ2) is 2.24. The van der Waals surface area contributed by atoms with E-state index in [0.29, 0.717) is 0 Å². The molecule has 0 aromatic rings. The summed E-state index contributed by atoms with van der Waals surface area (Å²) in [7, 11) is 0. The van der Waals surface area contributed by atoms with Crippen LogP contribution in [-0.4, -0.2) is 0 Å². The van der Waals surface area contributed by atoms with E-state index in [1.165, 1.54) is 25.7 Å². The first-order chi connectivity index (χ1) is 5.13. The van der Waals surface area contributed by atoms with Crippen LogP contribution in [0.15, 0.2) is 0 Å². The van der Waals surface area contributed by atoms with Gasteiger partial charge in [-0.05, 0) is 48.9 Å². The van der Waals surface area contributed by atoms with Crippen LogP contribution in [0, 0.1) is 23.2 Å². The van der Waals surface area contributed by atoms with Crippen LogP contribution in [0.4, 0.5) is 0 Å². The third kappa shape index (κ3) is 0.947. The van der Waals surface area contributed by atoms with Crippen molar-refractivity contribution in [2.45, 2.75) is 46.5 Å². The molecular weight excluding hydrogens is 132 g/mol. The van der Waals surface area contributed by atoms with Crippen LogP contribution in [0.2, 0.25) is 0 Å². The molecule has 0 aromatic heterocycles. The molecule has 0 N–H and O–H groups in total. The van der Waals surface area contributed by atoms with Gasteiger partial charge in [-0.25, -0.2) is 0 Å². The van der Waals surface area contributed by atoms with E-state index in [-0.39, 0.29) is 0 Å². The number of hydrogen-bond acceptors (Lipinski definition) is 0. The van der Waals surface area contributed by atoms with Gasteiger partial charge in [0.05, 0.1) is 0 Å². The Morgan fingerprint density at radius 2 is 1.82 bits per heavy atom. The zero-order chi connectivity index (χ0) is 8.06. The van der Waals surface area contributed by atoms with E-state index >= 15 is 0 Å². The minimum absolute atomic E-state index is 0.756. The average molecular weight is 152 g/mol. The molecule has 2 unspecified atom stereocenters. The first-order valence-corrected chi connectivity index (χ1v) is 5.13. The smallest absolute Gasteiger partial charge is 0.0272 e. The van der Waals surface area contributed by atoms with Crippen LogP contribution in [0.5, 0.6) is 0 Å². The molecule has 0 spiro atoms. The number of hydrogen-bond donors (Lipinski definition) is 0. The Labute approximate surface area is 70.4 Å². The van der Waals surface area contributed by atoms with Crippen LogP contribution in [-0.2, 0) is 0 Å². The van der Waals surface area contributed by atoms with Crippen LogP contribution in [0.25, 0.3) is 0 Å². The molecule has 2 aliphatic rings. The highest BCUT2D eigenvalue weighted by Gasteiger charge is 2.49. The minimum atomic E-state index is 0.756. The summed E-state index contributed by atoms with van der Waals surface area (Å²) in [6.07, 6.45) is 6.02. The highest BCUT2D eigenvalue weighted by atomic mass is 14.5. The lowest BCUT2D eigenvalue weighted by Crippen LogP contribution is -2.47. The molecule has 64 valence electrons. The lowest BCUT2D eigenvalue weighted by molar-refractivity contribution is -0.0593. The van der Waals surface area contributed by atoms with Crippen LogP contribution in [0.3, 0.4) is 0 Å². The Bertz CT molecular complexity index is 155. The summed E-state index contributed by atoms with van der Waals surface area (Å²) in [5.74, 6) is 3.13. The van der Waals surface area contributed by atoms with E-state index in [0.717, 1.165) is 23.2 Å². The first kappa shape index (κ1) is 7.64. The molecule has 0 saturated heterocycles. The maximum Gasteiger partial charge on any atom is -0.0272 e. The van der Waals surface area contributed by atoms with Gasteiger partial charge in [0.1, 0.15) is 0 Å². The predicted molar refractivity (Wildman–Crippen MR) is 48.4 cm³/mol. The largest absolute Gasteiger partial charge is 0.0625 e. The van der Waals surface area contributed by atoms with Crippen molar-refractivity contribution in [3.8, 4) is 0 Å². The Morgan fingerprint density at radius 3 is 2.09 bits per heavy atom. The zero-order valence-electron chi connectivity index (χ0n) is 8.06. The Balaban J connectivity index is 1.94. The summed E-state index contributed by atoms with van der Waals surface area (Å²) in [6.45, 7) is 7.34. The van der Waals surface area contributed by atoms with Gasteiger partial charge >= 0.3 is 0 Å². The molecule has 2 aliphatic carbocycles. The summed E-state index contributed by atoms with van der Waals surface area (Å²) < 4.78 is 0. The molecule has 2 atom stereocenters. The molecular formula is C11H20. The standard InChI is InChI=1S/C11H20/c1-8-6-10(7-8)11(3)5-4-9(11)2/h8-10H,4-7H2,1-3H3. The molecule has 2 fully saturated rings. The van der Waals surface area contributed by atoms with Gasteiger partial charge < -0.3 is 0 Å². The Morgan fingerprint density at radius 1 is 1.18 bits per heavy atom. The molecule has 0 aromatic carbocycles. The van der Waals surface area contributed by atoms with Crippen molar-refractivity contribution in [1.82, 2.24) is 0 Å². The highest BCUT2D eigenvalue weighted by molar-refractivity contribution is 4.99. The third-order valence-corrected chi connectivity index (χ3v) is 4.55. The van der Waals surface area contributed by atoms with Crippen LogP contribution < -0.4 is 0 Å². The second-order valence-corrected chi connectivity index (χ2v) is 5.22. The van der Waals surface area contributed by atoms with Gasteiger partial charge in [0.25, 0.3) is 0 Å². The Hall–Kier alpha value is 0. The van der Waals surface area contributed by atoms with E-state index in [4.69, 9.17) is 0 Å². The SMILES string of the molecule is CC1CC(C2(C)CCC2C)C1. The summed E-state index contributed by atoms with van der Waals surface area (Å²) >= 11 is 0. The number of rotatable bonds is 1. The lowest BCUT2D eigenvalue weighted by Gasteiger charge is -2.56. The monoisotopic (exact) mass is 152 g/mol. The fourth-order valence-corrected chi connectivity index (χ4v) is 2.94. The molecule has 0 heterocycles. The molecule has 2 saturated carbocycles. The quantitative estimate of drug-likeness (QED) is 0.539. The van der Waals surface area contributed by atoms with Gasteiger partial charge in [0.15, 0.2) is 0 Å². The van der Waals surface area contributed by atoms with Gasteiger partial charge in [-0.1, -0.05) is 20.8 Å². The van der Waals surface area contributed by atoms with E-state index in [1.54, 1.807) is 0 Å². The van der Waals surface area contributed by atoms with Crippen molar-refractivity contribution in [3.63, 3.8) is 0 Å². The molecule has 0 aliphatic heterocycles. The average Bonchev–Trinajstić information content (AvgIpc) is 1.94. The van der Waals surface area contributed by atoms with E-state index in [9.17, 15) is 0 Å². The van der Waals surface area contributed by atoms with E-state index < -0.39 is 0 Å². The topological polar surface area (TPSA) is 0 Å². The molecule has 0 radical (unpaired) electrons. The van der Waals surface area contributed by atoms with E-state index in [2.05, 4.69) is 20.8 Å². The predicted octanol–water partition coefficient (Wildman–Crippen LogP) is 3.47. The zero-order valence-corrected chi connectivity index (χ0v) is 8.06. The van der Waals surface area contributed by atoms with Gasteiger partial charge in [-0.3, -0.25) is 0 Å². The van der Waals surface area contributed by atoms with Crippen molar-refractivity contribution in [3.05, 3.63) is 0 Å². The maximum atomic E-state index is 2.51. The van der Waals surface area contributed by atoms with Gasteiger partial charge in [0.2, 0.25) is 0 Å². The summed E-state index contributed by atoms with van der Waals surface area (Å²) in [5, 5.41) is 0. The van der Waals surface area contributed by atoms with Crippen molar-refractivity contribution < 1.29 is 0 Å². The van der Waals surface area contributed by atoms with Crippen molar-refractivity contribution in [2.75, 3.05) is 0 Å². The second-order valence-electron chi connectivity index (χ2n) is 5.22. The van der Waals surface area contributed by atoms with Gasteiger partial charge in [0, 0.05) is 0 Å².